The fraction of sp³-hybridized carbons (Fsp3) is 0.667. The van der Waals surface area contributed by atoms with Gasteiger partial charge in [-0.1, -0.05) is 30.3 Å². The highest BCUT2D eigenvalue weighted by atomic mass is 16.6. The molecule has 0 fully saturated rings. The van der Waals surface area contributed by atoms with E-state index in [0.717, 1.165) is 6.42 Å². The molecule has 1 aromatic carbocycles. The fourth-order valence-electron chi connectivity index (χ4n) is 2.11. The third-order valence-electron chi connectivity index (χ3n) is 3.35. The molecule has 7 nitrogen and oxygen atoms in total. The van der Waals surface area contributed by atoms with Crippen LogP contribution in [0.4, 0.5) is 4.79 Å². The Bertz CT molecular complexity index is 503. The van der Waals surface area contributed by atoms with Crippen molar-refractivity contribution in [2.45, 2.75) is 39.4 Å². The number of carbonyl (C=O) groups excluding carboxylic acids is 1. The molecule has 1 aromatic rings. The van der Waals surface area contributed by atoms with Crippen molar-refractivity contribution in [3.63, 3.8) is 0 Å². The number of rotatable bonds is 15. The molecule has 0 saturated heterocycles. The first-order chi connectivity index (χ1) is 13.5. The summed E-state index contributed by atoms with van der Waals surface area (Å²) in [6.45, 7) is 10.3. The average molecular weight is 398 g/mol. The molecule has 28 heavy (non-hydrogen) atoms. The van der Waals surface area contributed by atoms with Crippen LogP contribution in [0.3, 0.4) is 0 Å². The molecule has 1 N–H and O–H groups in total. The van der Waals surface area contributed by atoms with Crippen LogP contribution in [0.1, 0.15) is 32.8 Å². The molecule has 7 heteroatoms. The summed E-state index contributed by atoms with van der Waals surface area (Å²) in [7, 11) is 0. The first-order valence-electron chi connectivity index (χ1n) is 9.79. The zero-order valence-electron chi connectivity index (χ0n) is 17.4. The molecule has 0 aliphatic carbocycles. The molecule has 0 aliphatic heterocycles. The normalized spacial score (nSPS) is 11.4. The van der Waals surface area contributed by atoms with Crippen molar-refractivity contribution in [1.82, 2.24) is 5.32 Å². The van der Waals surface area contributed by atoms with Crippen LogP contribution in [0.25, 0.3) is 0 Å². The smallest absolute Gasteiger partial charge is 0.407 e. The first-order valence-corrected chi connectivity index (χ1v) is 9.79. The number of hydrogen-bond acceptors (Lipinski definition) is 6. The van der Waals surface area contributed by atoms with Crippen LogP contribution in [0.15, 0.2) is 30.3 Å². The Hall–Kier alpha value is -1.67. The molecule has 0 bridgehead atoms. The van der Waals surface area contributed by atoms with Crippen LogP contribution in [0.2, 0.25) is 0 Å². The summed E-state index contributed by atoms with van der Waals surface area (Å²) in [4.78, 5) is 11.4. The van der Waals surface area contributed by atoms with Crippen molar-refractivity contribution in [2.24, 2.45) is 0 Å². The minimum absolute atomic E-state index is 0.407. The van der Waals surface area contributed by atoms with E-state index in [-0.39, 0.29) is 0 Å². The second-order valence-electron chi connectivity index (χ2n) is 7.16. The SMILES string of the molecule is CC(C)(C)OC(=O)NCCOCCOCCOCCCOCc1ccccc1. The molecular weight excluding hydrogens is 362 g/mol. The van der Waals surface area contributed by atoms with Crippen LogP contribution < -0.4 is 5.32 Å². The topological polar surface area (TPSA) is 75.3 Å². The summed E-state index contributed by atoms with van der Waals surface area (Å²) in [5, 5.41) is 2.63. The second kappa shape index (κ2) is 15.3. The van der Waals surface area contributed by atoms with Crippen molar-refractivity contribution in [3.8, 4) is 0 Å². The number of alkyl carbamates (subject to hydrolysis) is 1. The molecule has 0 saturated carbocycles. The minimum atomic E-state index is -0.490. The minimum Gasteiger partial charge on any atom is -0.444 e. The van der Waals surface area contributed by atoms with Crippen LogP contribution in [0, 0.1) is 0 Å². The Morgan fingerprint density at radius 1 is 0.821 bits per heavy atom. The van der Waals surface area contributed by atoms with E-state index in [2.05, 4.69) is 17.4 Å². The van der Waals surface area contributed by atoms with Gasteiger partial charge in [0, 0.05) is 19.8 Å². The van der Waals surface area contributed by atoms with Gasteiger partial charge in [0.15, 0.2) is 0 Å². The fourth-order valence-corrected chi connectivity index (χ4v) is 2.11. The number of benzene rings is 1. The molecule has 1 amide bonds. The Morgan fingerprint density at radius 3 is 2.04 bits per heavy atom. The van der Waals surface area contributed by atoms with E-state index in [1.165, 1.54) is 5.56 Å². The number of amides is 1. The Kier molecular flexibility index (Phi) is 13.3. The summed E-state index contributed by atoms with van der Waals surface area (Å²) >= 11 is 0. The van der Waals surface area contributed by atoms with E-state index in [0.29, 0.717) is 59.4 Å². The lowest BCUT2D eigenvalue weighted by Crippen LogP contribution is -2.34. The van der Waals surface area contributed by atoms with Gasteiger partial charge in [-0.2, -0.15) is 0 Å². The Balaban J connectivity index is 1.76. The molecule has 0 unspecified atom stereocenters. The van der Waals surface area contributed by atoms with Gasteiger partial charge in [0.05, 0.1) is 39.6 Å². The maximum Gasteiger partial charge on any atom is 0.407 e. The predicted molar refractivity (Wildman–Crippen MR) is 107 cm³/mol. The Morgan fingerprint density at radius 2 is 1.39 bits per heavy atom. The van der Waals surface area contributed by atoms with Gasteiger partial charge in [0.25, 0.3) is 0 Å². The van der Waals surface area contributed by atoms with Crippen LogP contribution in [-0.4, -0.2) is 64.5 Å². The van der Waals surface area contributed by atoms with E-state index >= 15 is 0 Å². The van der Waals surface area contributed by atoms with Gasteiger partial charge >= 0.3 is 6.09 Å². The highest BCUT2D eigenvalue weighted by molar-refractivity contribution is 5.67. The van der Waals surface area contributed by atoms with Gasteiger partial charge in [-0.05, 0) is 32.8 Å². The quantitative estimate of drug-likeness (QED) is 0.458. The lowest BCUT2D eigenvalue weighted by molar-refractivity contribution is 0.00881. The van der Waals surface area contributed by atoms with Gasteiger partial charge in [-0.3, -0.25) is 0 Å². The largest absolute Gasteiger partial charge is 0.444 e. The highest BCUT2D eigenvalue weighted by Crippen LogP contribution is 2.06. The summed E-state index contributed by atoms with van der Waals surface area (Å²) < 4.78 is 27.0. The van der Waals surface area contributed by atoms with Crippen LogP contribution in [-0.2, 0) is 30.3 Å². The lowest BCUT2D eigenvalue weighted by Gasteiger charge is -2.19. The lowest BCUT2D eigenvalue weighted by atomic mass is 10.2. The van der Waals surface area contributed by atoms with E-state index in [1.54, 1.807) is 0 Å². The highest BCUT2D eigenvalue weighted by Gasteiger charge is 2.15. The van der Waals surface area contributed by atoms with E-state index in [4.69, 9.17) is 23.7 Å². The molecule has 1 rings (SSSR count). The van der Waals surface area contributed by atoms with Gasteiger partial charge in [0.2, 0.25) is 0 Å². The van der Waals surface area contributed by atoms with Crippen molar-refractivity contribution in [2.75, 3.05) is 52.8 Å². The number of carbonyl (C=O) groups is 1. The van der Waals surface area contributed by atoms with Crippen molar-refractivity contribution >= 4 is 6.09 Å². The Labute approximate surface area is 168 Å². The summed E-state index contributed by atoms with van der Waals surface area (Å²) in [6.07, 6.45) is 0.426. The summed E-state index contributed by atoms with van der Waals surface area (Å²) in [6, 6.07) is 10.1. The molecule has 0 heterocycles. The molecule has 0 aromatic heterocycles. The third-order valence-corrected chi connectivity index (χ3v) is 3.35. The van der Waals surface area contributed by atoms with Gasteiger partial charge in [0.1, 0.15) is 5.60 Å². The third kappa shape index (κ3) is 15.4. The molecule has 0 radical (unpaired) electrons. The van der Waals surface area contributed by atoms with Crippen molar-refractivity contribution in [1.29, 1.82) is 0 Å². The average Bonchev–Trinajstić information content (AvgIpc) is 2.64. The monoisotopic (exact) mass is 397 g/mol. The molecule has 0 aliphatic rings. The van der Waals surface area contributed by atoms with E-state index in [1.807, 2.05) is 39.0 Å². The van der Waals surface area contributed by atoms with Gasteiger partial charge in [-0.15, -0.1) is 0 Å². The van der Waals surface area contributed by atoms with E-state index < -0.39 is 11.7 Å². The molecular formula is C21H35NO6. The van der Waals surface area contributed by atoms with Gasteiger partial charge < -0.3 is 29.0 Å². The first kappa shape index (κ1) is 24.4. The number of hydrogen-bond donors (Lipinski definition) is 1. The van der Waals surface area contributed by atoms with Gasteiger partial charge in [-0.25, -0.2) is 4.79 Å². The zero-order chi connectivity index (χ0) is 20.5. The van der Waals surface area contributed by atoms with Crippen molar-refractivity contribution < 1.29 is 28.5 Å². The molecule has 0 atom stereocenters. The van der Waals surface area contributed by atoms with Crippen LogP contribution >= 0.6 is 0 Å². The second-order valence-corrected chi connectivity index (χ2v) is 7.16. The maximum atomic E-state index is 11.4. The molecule has 0 spiro atoms. The number of nitrogens with one attached hydrogen (secondary N) is 1. The van der Waals surface area contributed by atoms with E-state index in [9.17, 15) is 4.79 Å². The molecule has 160 valence electrons. The maximum absolute atomic E-state index is 11.4. The number of ether oxygens (including phenoxy) is 5. The summed E-state index contributed by atoms with van der Waals surface area (Å²) in [5.41, 5.74) is 0.690. The zero-order valence-corrected chi connectivity index (χ0v) is 17.4. The summed E-state index contributed by atoms with van der Waals surface area (Å²) in [5.74, 6) is 0. The van der Waals surface area contributed by atoms with Crippen molar-refractivity contribution in [3.05, 3.63) is 35.9 Å². The predicted octanol–water partition coefficient (Wildman–Crippen LogP) is 3.17. The standard InChI is InChI=1S/C21H35NO6/c1-21(2,3)28-20(23)22-10-13-25-15-17-26-16-14-24-11-7-12-27-18-19-8-5-4-6-9-19/h4-6,8-9H,7,10-18H2,1-3H3,(H,22,23). The van der Waals surface area contributed by atoms with Crippen LogP contribution in [0.5, 0.6) is 0 Å².